The third-order valence-corrected chi connectivity index (χ3v) is 8.12. The van der Waals surface area contributed by atoms with E-state index >= 15 is 0 Å². The van der Waals surface area contributed by atoms with Crippen LogP contribution in [0.2, 0.25) is 0 Å². The highest BCUT2D eigenvalue weighted by atomic mass is 32.2. The molecule has 1 aromatic carbocycles. The van der Waals surface area contributed by atoms with Crippen molar-refractivity contribution in [1.82, 2.24) is 29.3 Å². The predicted octanol–water partition coefficient (Wildman–Crippen LogP) is 2.85. The Morgan fingerprint density at radius 2 is 1.53 bits per heavy atom. The van der Waals surface area contributed by atoms with Crippen LogP contribution in [0.25, 0.3) is 17.1 Å². The van der Waals surface area contributed by atoms with Gasteiger partial charge in [0.05, 0.1) is 17.1 Å². The zero-order valence-corrected chi connectivity index (χ0v) is 19.9. The molecule has 0 saturated carbocycles. The summed E-state index contributed by atoms with van der Waals surface area (Å²) in [4.78, 5) is 6.70. The predicted molar refractivity (Wildman–Crippen MR) is 129 cm³/mol. The summed E-state index contributed by atoms with van der Waals surface area (Å²) in [6.45, 7) is 5.39. The maximum absolute atomic E-state index is 13.6. The Labute approximate surface area is 198 Å². The molecule has 0 aliphatic carbocycles. The van der Waals surface area contributed by atoms with Crippen molar-refractivity contribution in [2.75, 3.05) is 31.1 Å². The Hall–Kier alpha value is -3.63. The van der Waals surface area contributed by atoms with E-state index in [-0.39, 0.29) is 4.90 Å². The first kappa shape index (κ1) is 22.2. The smallest absolute Gasteiger partial charge is 0.246 e. The van der Waals surface area contributed by atoms with Crippen molar-refractivity contribution in [3.8, 4) is 17.1 Å². The topological polar surface area (TPSA) is 97.1 Å². The van der Waals surface area contributed by atoms with Crippen LogP contribution in [0.1, 0.15) is 11.4 Å². The van der Waals surface area contributed by atoms with Crippen molar-refractivity contribution in [1.29, 1.82) is 0 Å². The van der Waals surface area contributed by atoms with Crippen molar-refractivity contribution >= 4 is 15.8 Å². The number of hydrogen-bond donors (Lipinski definition) is 0. The molecule has 5 rings (SSSR count). The van der Waals surface area contributed by atoms with E-state index in [4.69, 9.17) is 0 Å². The van der Waals surface area contributed by atoms with Crippen LogP contribution < -0.4 is 4.90 Å². The number of pyridine rings is 1. The zero-order valence-electron chi connectivity index (χ0n) is 19.0. The average molecular weight is 476 g/mol. The number of anilines is 1. The molecule has 0 unspecified atom stereocenters. The molecule has 0 bridgehead atoms. The Kier molecular flexibility index (Phi) is 5.84. The van der Waals surface area contributed by atoms with Crippen LogP contribution in [-0.2, 0) is 10.0 Å². The van der Waals surface area contributed by atoms with E-state index in [0.29, 0.717) is 43.4 Å². The van der Waals surface area contributed by atoms with Gasteiger partial charge in [-0.15, -0.1) is 10.2 Å². The average Bonchev–Trinajstić information content (AvgIpc) is 3.19. The summed E-state index contributed by atoms with van der Waals surface area (Å²) >= 11 is 0. The van der Waals surface area contributed by atoms with Crippen molar-refractivity contribution in [3.05, 3.63) is 78.2 Å². The van der Waals surface area contributed by atoms with Crippen LogP contribution in [0.4, 0.5) is 5.82 Å². The van der Waals surface area contributed by atoms with E-state index in [1.165, 1.54) is 4.31 Å². The van der Waals surface area contributed by atoms with Gasteiger partial charge in [-0.1, -0.05) is 36.4 Å². The molecule has 0 spiro atoms. The highest BCUT2D eigenvalue weighted by Gasteiger charge is 2.34. The molecule has 0 atom stereocenters. The van der Waals surface area contributed by atoms with Gasteiger partial charge in [-0.2, -0.15) is 9.40 Å². The van der Waals surface area contributed by atoms with Crippen molar-refractivity contribution in [2.45, 2.75) is 18.7 Å². The summed E-state index contributed by atoms with van der Waals surface area (Å²) in [5, 5.41) is 13.1. The van der Waals surface area contributed by atoms with Gasteiger partial charge in [-0.05, 0) is 38.1 Å². The molecule has 4 heterocycles. The largest absolute Gasteiger partial charge is 0.354 e. The first-order chi connectivity index (χ1) is 16.4. The molecule has 0 N–H and O–H groups in total. The number of aromatic nitrogens is 5. The second kappa shape index (κ2) is 8.96. The normalized spacial score (nSPS) is 14.9. The minimum absolute atomic E-state index is 0.229. The van der Waals surface area contributed by atoms with Gasteiger partial charge in [0.15, 0.2) is 5.82 Å². The zero-order chi connectivity index (χ0) is 23.7. The summed E-state index contributed by atoms with van der Waals surface area (Å²) in [5.41, 5.74) is 2.66. The lowest BCUT2D eigenvalue weighted by molar-refractivity contribution is 0.383. The van der Waals surface area contributed by atoms with Crippen LogP contribution >= 0.6 is 0 Å². The second-order valence-electron chi connectivity index (χ2n) is 8.13. The lowest BCUT2D eigenvalue weighted by Gasteiger charge is -2.34. The van der Waals surface area contributed by atoms with Gasteiger partial charge in [0.2, 0.25) is 10.0 Å². The number of piperazine rings is 1. The molecule has 3 aromatic heterocycles. The van der Waals surface area contributed by atoms with Crippen LogP contribution in [0, 0.1) is 13.8 Å². The number of aryl methyl sites for hydroxylation is 1. The quantitative estimate of drug-likeness (QED) is 0.438. The minimum Gasteiger partial charge on any atom is -0.354 e. The highest BCUT2D eigenvalue weighted by Crippen LogP contribution is 2.27. The molecular formula is C24H25N7O2S. The van der Waals surface area contributed by atoms with Gasteiger partial charge in [0.25, 0.3) is 0 Å². The van der Waals surface area contributed by atoms with Gasteiger partial charge in [-0.25, -0.2) is 18.1 Å². The van der Waals surface area contributed by atoms with E-state index in [1.807, 2.05) is 54.6 Å². The third kappa shape index (κ3) is 4.06. The molecule has 1 saturated heterocycles. The summed E-state index contributed by atoms with van der Waals surface area (Å²) in [7, 11) is -3.71. The maximum atomic E-state index is 13.6. The van der Waals surface area contributed by atoms with Gasteiger partial charge in [0, 0.05) is 37.9 Å². The molecule has 34 heavy (non-hydrogen) atoms. The lowest BCUT2D eigenvalue weighted by Crippen LogP contribution is -2.49. The summed E-state index contributed by atoms with van der Waals surface area (Å²) in [6.07, 6.45) is 1.74. The Morgan fingerprint density at radius 1 is 0.794 bits per heavy atom. The molecule has 4 aromatic rings. The number of rotatable bonds is 5. The summed E-state index contributed by atoms with van der Waals surface area (Å²) < 4.78 is 30.2. The molecule has 1 aliphatic heterocycles. The molecule has 0 radical (unpaired) electrons. The third-order valence-electron chi connectivity index (χ3n) is 5.97. The van der Waals surface area contributed by atoms with Crippen molar-refractivity contribution in [3.63, 3.8) is 0 Å². The Morgan fingerprint density at radius 3 is 2.18 bits per heavy atom. The van der Waals surface area contributed by atoms with Crippen LogP contribution in [0.3, 0.4) is 0 Å². The van der Waals surface area contributed by atoms with Crippen LogP contribution in [-0.4, -0.2) is 63.9 Å². The maximum Gasteiger partial charge on any atom is 0.246 e. The minimum atomic E-state index is -3.71. The molecule has 10 heteroatoms. The number of sulfonamides is 1. The van der Waals surface area contributed by atoms with Crippen LogP contribution in [0.15, 0.2) is 71.8 Å². The fourth-order valence-corrected chi connectivity index (χ4v) is 6.03. The monoisotopic (exact) mass is 475 g/mol. The van der Waals surface area contributed by atoms with E-state index in [9.17, 15) is 8.42 Å². The van der Waals surface area contributed by atoms with Crippen LogP contribution in [0.5, 0.6) is 0 Å². The van der Waals surface area contributed by atoms with Gasteiger partial charge < -0.3 is 4.90 Å². The van der Waals surface area contributed by atoms with E-state index in [2.05, 4.69) is 25.2 Å². The fraction of sp³-hybridized carbons (Fsp3) is 0.250. The molecule has 174 valence electrons. The highest BCUT2D eigenvalue weighted by molar-refractivity contribution is 7.89. The SMILES string of the molecule is Cc1nn(-c2ccc(-c3ccccc3)nn2)c(C)c1S(=O)(=O)N1CCN(c2ccccn2)CC1. The Bertz CT molecular complexity index is 1380. The first-order valence-corrected chi connectivity index (χ1v) is 12.5. The van der Waals surface area contributed by atoms with Crippen molar-refractivity contribution in [2.24, 2.45) is 0 Å². The Balaban J connectivity index is 1.38. The fourth-order valence-electron chi connectivity index (χ4n) is 4.25. The van der Waals surface area contributed by atoms with Gasteiger partial charge in [-0.3, -0.25) is 0 Å². The number of benzene rings is 1. The standard InChI is InChI=1S/C24H25N7O2S/c1-18-24(34(32,33)30-16-14-29(15-17-30)22-10-6-7-13-25-22)19(2)31(28-18)23-12-11-21(26-27-23)20-8-4-3-5-9-20/h3-13H,14-17H2,1-2H3. The van der Waals surface area contributed by atoms with Gasteiger partial charge >= 0.3 is 0 Å². The lowest BCUT2D eigenvalue weighted by atomic mass is 10.1. The van der Waals surface area contributed by atoms with Crippen molar-refractivity contribution < 1.29 is 8.42 Å². The molecular weight excluding hydrogens is 450 g/mol. The summed E-state index contributed by atoms with van der Waals surface area (Å²) in [5.74, 6) is 1.33. The molecule has 0 amide bonds. The second-order valence-corrected chi connectivity index (χ2v) is 10.0. The van der Waals surface area contributed by atoms with E-state index in [1.54, 1.807) is 30.8 Å². The van der Waals surface area contributed by atoms with Gasteiger partial charge in [0.1, 0.15) is 10.7 Å². The number of hydrogen-bond acceptors (Lipinski definition) is 7. The molecule has 1 aliphatic rings. The number of nitrogens with zero attached hydrogens (tertiary/aromatic N) is 7. The first-order valence-electron chi connectivity index (χ1n) is 11.1. The molecule has 1 fully saturated rings. The van der Waals surface area contributed by atoms with E-state index in [0.717, 1.165) is 17.1 Å². The molecule has 9 nitrogen and oxygen atoms in total. The summed E-state index contributed by atoms with van der Waals surface area (Å²) in [6, 6.07) is 19.2. The van der Waals surface area contributed by atoms with E-state index < -0.39 is 10.0 Å².